The average Bonchev–Trinajstić information content (AvgIpc) is 3.35. The zero-order chi connectivity index (χ0) is 19.7. The van der Waals surface area contributed by atoms with Gasteiger partial charge in [0.25, 0.3) is 5.89 Å². The Labute approximate surface area is 163 Å². The van der Waals surface area contributed by atoms with E-state index in [0.29, 0.717) is 43.9 Å². The Bertz CT molecular complexity index is 869. The molecule has 2 aliphatic rings. The van der Waals surface area contributed by atoms with Crippen LogP contribution in [0.15, 0.2) is 22.6 Å². The third kappa shape index (κ3) is 3.74. The molecule has 8 heteroatoms. The molecule has 7 nitrogen and oxygen atoms in total. The number of amides is 1. The van der Waals surface area contributed by atoms with Crippen LogP contribution < -0.4 is 4.74 Å². The van der Waals surface area contributed by atoms with Crippen molar-refractivity contribution in [3.05, 3.63) is 46.9 Å². The highest BCUT2D eigenvalue weighted by Crippen LogP contribution is 2.25. The zero-order valence-electron chi connectivity index (χ0n) is 16.1. The van der Waals surface area contributed by atoms with E-state index in [1.165, 1.54) is 13.2 Å². The van der Waals surface area contributed by atoms with Gasteiger partial charge in [0.05, 0.1) is 18.9 Å². The maximum atomic E-state index is 14.2. The summed E-state index contributed by atoms with van der Waals surface area (Å²) in [5.41, 5.74) is 1.36. The van der Waals surface area contributed by atoms with Gasteiger partial charge in [-0.15, -0.1) is 0 Å². The Hall–Kier alpha value is -2.45. The number of fused-ring (bicyclic) bond motifs is 1. The van der Waals surface area contributed by atoms with Crippen LogP contribution in [-0.4, -0.2) is 60.6 Å². The van der Waals surface area contributed by atoms with Gasteiger partial charge < -0.3 is 18.8 Å². The Morgan fingerprint density at radius 1 is 1.36 bits per heavy atom. The third-order valence-electron chi connectivity index (χ3n) is 5.41. The molecule has 28 heavy (non-hydrogen) atoms. The van der Waals surface area contributed by atoms with E-state index < -0.39 is 0 Å². The van der Waals surface area contributed by atoms with E-state index in [1.807, 2.05) is 0 Å². The number of carbonyl (C=O) groups excluding carboxylic acids is 1. The largest absolute Gasteiger partial charge is 0.497 e. The molecule has 0 saturated carbocycles. The Morgan fingerprint density at radius 3 is 2.93 bits per heavy atom. The standard InChI is InChI=1S/C20H24FN3O4/c1-26-14-4-3-13(16(21)9-14)10-23-7-6-18-17(12-23)22-19(28-18)20(25)24-8-5-15(11-24)27-2/h3-4,9,15H,5-8,10-12H2,1-2H3/t15-/m0/s1. The van der Waals surface area contributed by atoms with E-state index in [4.69, 9.17) is 13.9 Å². The molecule has 3 heterocycles. The van der Waals surface area contributed by atoms with E-state index in [2.05, 4.69) is 9.88 Å². The highest BCUT2D eigenvalue weighted by molar-refractivity contribution is 5.90. The maximum absolute atomic E-state index is 14.2. The van der Waals surface area contributed by atoms with Gasteiger partial charge in [-0.1, -0.05) is 6.07 Å². The first-order chi connectivity index (χ1) is 13.6. The van der Waals surface area contributed by atoms with Crippen LogP contribution >= 0.6 is 0 Å². The molecule has 0 spiro atoms. The maximum Gasteiger partial charge on any atom is 0.309 e. The van der Waals surface area contributed by atoms with Crippen molar-refractivity contribution < 1.29 is 23.1 Å². The SMILES string of the molecule is COc1ccc(CN2CCc3oc(C(=O)N4CC[C@H](OC)C4)nc3C2)c(F)c1. The van der Waals surface area contributed by atoms with Crippen LogP contribution in [0.5, 0.6) is 5.75 Å². The number of likely N-dealkylation sites (tertiary alicyclic amines) is 1. The Balaban J connectivity index is 1.43. The third-order valence-corrected chi connectivity index (χ3v) is 5.41. The zero-order valence-corrected chi connectivity index (χ0v) is 16.1. The van der Waals surface area contributed by atoms with Crippen LogP contribution in [0.3, 0.4) is 0 Å². The molecule has 0 radical (unpaired) electrons. The number of hydrogen-bond acceptors (Lipinski definition) is 6. The van der Waals surface area contributed by atoms with Crippen LogP contribution in [-0.2, 0) is 24.2 Å². The number of ether oxygens (including phenoxy) is 2. The van der Waals surface area contributed by atoms with Crippen molar-refractivity contribution in [1.29, 1.82) is 0 Å². The van der Waals surface area contributed by atoms with Gasteiger partial charge >= 0.3 is 5.91 Å². The van der Waals surface area contributed by atoms with Gasteiger partial charge in [-0.05, 0) is 12.5 Å². The van der Waals surface area contributed by atoms with Crippen LogP contribution in [0.25, 0.3) is 0 Å². The smallest absolute Gasteiger partial charge is 0.309 e. The summed E-state index contributed by atoms with van der Waals surface area (Å²) >= 11 is 0. The quantitative estimate of drug-likeness (QED) is 0.781. The summed E-state index contributed by atoms with van der Waals surface area (Å²) < 4.78 is 30.3. The molecule has 1 aromatic carbocycles. The van der Waals surface area contributed by atoms with Gasteiger partial charge in [0.2, 0.25) is 0 Å². The number of halogens is 1. The molecule has 0 N–H and O–H groups in total. The molecule has 1 amide bonds. The van der Waals surface area contributed by atoms with Crippen molar-refractivity contribution in [2.45, 2.75) is 32.0 Å². The molecule has 1 saturated heterocycles. The van der Waals surface area contributed by atoms with Gasteiger partial charge in [0.15, 0.2) is 0 Å². The predicted octanol–water partition coefficient (Wildman–Crippen LogP) is 2.24. The fourth-order valence-corrected chi connectivity index (χ4v) is 3.74. The van der Waals surface area contributed by atoms with Crippen LogP contribution in [0.1, 0.15) is 34.1 Å². The summed E-state index contributed by atoms with van der Waals surface area (Å²) in [7, 11) is 3.17. The van der Waals surface area contributed by atoms with Gasteiger partial charge in [-0.2, -0.15) is 0 Å². The summed E-state index contributed by atoms with van der Waals surface area (Å²) in [6, 6.07) is 4.88. The number of carbonyl (C=O) groups is 1. The summed E-state index contributed by atoms with van der Waals surface area (Å²) in [5.74, 6) is 0.903. The lowest BCUT2D eigenvalue weighted by Gasteiger charge is -2.25. The Morgan fingerprint density at radius 2 is 2.21 bits per heavy atom. The highest BCUT2D eigenvalue weighted by Gasteiger charge is 2.31. The molecule has 2 aromatic rings. The van der Waals surface area contributed by atoms with Crippen molar-refractivity contribution in [2.75, 3.05) is 33.9 Å². The predicted molar refractivity (Wildman–Crippen MR) is 98.6 cm³/mol. The van der Waals surface area contributed by atoms with Crippen molar-refractivity contribution in [3.8, 4) is 5.75 Å². The van der Waals surface area contributed by atoms with Gasteiger partial charge in [0.1, 0.15) is 17.3 Å². The van der Waals surface area contributed by atoms with Crippen molar-refractivity contribution in [2.24, 2.45) is 0 Å². The number of methoxy groups -OCH3 is 2. The van der Waals surface area contributed by atoms with Crippen molar-refractivity contribution >= 4 is 5.91 Å². The molecular formula is C20H24FN3O4. The second-order valence-corrected chi connectivity index (χ2v) is 7.20. The molecule has 4 rings (SSSR count). The van der Waals surface area contributed by atoms with Gasteiger partial charge in [-0.25, -0.2) is 9.37 Å². The molecular weight excluding hydrogens is 365 g/mol. The lowest BCUT2D eigenvalue weighted by Crippen LogP contribution is -2.30. The van der Waals surface area contributed by atoms with E-state index in [1.54, 1.807) is 24.1 Å². The number of benzene rings is 1. The van der Waals surface area contributed by atoms with E-state index >= 15 is 0 Å². The normalized spacial score (nSPS) is 19.7. The molecule has 1 atom stereocenters. The number of nitrogens with zero attached hydrogens (tertiary/aromatic N) is 3. The first-order valence-corrected chi connectivity index (χ1v) is 9.42. The second kappa shape index (κ2) is 7.89. The Kier molecular flexibility index (Phi) is 5.32. The summed E-state index contributed by atoms with van der Waals surface area (Å²) in [4.78, 5) is 20.9. The van der Waals surface area contributed by atoms with Crippen LogP contribution in [0.4, 0.5) is 4.39 Å². The lowest BCUT2D eigenvalue weighted by molar-refractivity contribution is 0.0687. The first-order valence-electron chi connectivity index (χ1n) is 9.42. The van der Waals surface area contributed by atoms with Crippen molar-refractivity contribution in [1.82, 2.24) is 14.8 Å². The van der Waals surface area contributed by atoms with Gasteiger partial charge in [0, 0.05) is 57.9 Å². The van der Waals surface area contributed by atoms with Crippen LogP contribution in [0.2, 0.25) is 0 Å². The molecule has 2 aliphatic heterocycles. The lowest BCUT2D eigenvalue weighted by atomic mass is 10.1. The van der Waals surface area contributed by atoms with E-state index in [0.717, 1.165) is 24.4 Å². The molecule has 1 aromatic heterocycles. The van der Waals surface area contributed by atoms with Gasteiger partial charge in [-0.3, -0.25) is 9.69 Å². The molecule has 0 aliphatic carbocycles. The summed E-state index contributed by atoms with van der Waals surface area (Å²) in [6.07, 6.45) is 1.54. The average molecular weight is 389 g/mol. The number of aromatic nitrogens is 1. The van der Waals surface area contributed by atoms with Crippen LogP contribution in [0, 0.1) is 5.82 Å². The van der Waals surface area contributed by atoms with E-state index in [9.17, 15) is 9.18 Å². The minimum absolute atomic E-state index is 0.0726. The minimum atomic E-state index is -0.289. The highest BCUT2D eigenvalue weighted by atomic mass is 19.1. The van der Waals surface area contributed by atoms with Crippen molar-refractivity contribution in [3.63, 3.8) is 0 Å². The fraction of sp³-hybridized carbons (Fsp3) is 0.500. The topological polar surface area (TPSA) is 68.0 Å². The fourth-order valence-electron chi connectivity index (χ4n) is 3.74. The molecule has 0 unspecified atom stereocenters. The first kappa shape index (κ1) is 18.9. The summed E-state index contributed by atoms with van der Waals surface area (Å²) in [5, 5.41) is 0. The van der Waals surface area contributed by atoms with E-state index in [-0.39, 0.29) is 23.7 Å². The molecule has 1 fully saturated rings. The minimum Gasteiger partial charge on any atom is -0.497 e. The second-order valence-electron chi connectivity index (χ2n) is 7.20. The molecule has 150 valence electrons. The number of rotatable bonds is 5. The molecule has 0 bridgehead atoms. The number of oxazole rings is 1. The summed E-state index contributed by atoms with van der Waals surface area (Å²) in [6.45, 7) is 2.92. The monoisotopic (exact) mass is 389 g/mol. The number of hydrogen-bond donors (Lipinski definition) is 0.